The highest BCUT2D eigenvalue weighted by atomic mass is 32.1. The van der Waals surface area contributed by atoms with Crippen molar-refractivity contribution in [2.24, 2.45) is 0 Å². The van der Waals surface area contributed by atoms with E-state index in [0.29, 0.717) is 35.5 Å². The summed E-state index contributed by atoms with van der Waals surface area (Å²) in [5, 5.41) is 8.32. The second kappa shape index (κ2) is 7.64. The average Bonchev–Trinajstić information content (AvgIpc) is 3.58. The largest absolute Gasteiger partial charge is 0.353 e. The predicted octanol–water partition coefficient (Wildman–Crippen LogP) is 3.30. The van der Waals surface area contributed by atoms with Crippen LogP contribution in [0.5, 0.6) is 0 Å². The number of benzene rings is 1. The van der Waals surface area contributed by atoms with Gasteiger partial charge < -0.3 is 15.5 Å². The molecule has 1 aromatic heterocycles. The minimum atomic E-state index is -0.304. The van der Waals surface area contributed by atoms with Crippen LogP contribution in [0.4, 0.5) is 15.2 Å². The standard InChI is InChI=1S/C19H21FN4O2S/c20-12-1-3-14(4-2-12)22-19-23-16(11-27-19)18(26)24(15-7-8-15)10-9-17(25)21-13-5-6-13/h1-4,11,13,15H,5-10H2,(H,21,25)(H,22,23). The average molecular weight is 388 g/mol. The number of hydrogen-bond donors (Lipinski definition) is 2. The molecular formula is C19H21FN4O2S. The van der Waals surface area contributed by atoms with Crippen LogP contribution in [0.2, 0.25) is 0 Å². The van der Waals surface area contributed by atoms with Crippen LogP contribution in [0, 0.1) is 5.82 Å². The molecule has 0 unspecified atom stereocenters. The van der Waals surface area contributed by atoms with E-state index in [1.54, 1.807) is 22.4 Å². The Morgan fingerprint density at radius 2 is 1.93 bits per heavy atom. The van der Waals surface area contributed by atoms with E-state index in [4.69, 9.17) is 0 Å². The number of aromatic nitrogens is 1. The molecule has 142 valence electrons. The van der Waals surface area contributed by atoms with Crippen LogP contribution in [0.1, 0.15) is 42.6 Å². The zero-order chi connectivity index (χ0) is 18.8. The second-order valence-corrected chi connectivity index (χ2v) is 7.85. The van der Waals surface area contributed by atoms with Crippen molar-refractivity contribution in [1.29, 1.82) is 0 Å². The van der Waals surface area contributed by atoms with Crippen molar-refractivity contribution < 1.29 is 14.0 Å². The lowest BCUT2D eigenvalue weighted by Crippen LogP contribution is -2.37. The van der Waals surface area contributed by atoms with E-state index in [1.165, 1.54) is 23.5 Å². The lowest BCUT2D eigenvalue weighted by molar-refractivity contribution is -0.121. The number of rotatable bonds is 8. The Balaban J connectivity index is 1.37. The number of thiazole rings is 1. The van der Waals surface area contributed by atoms with Crippen LogP contribution in [0.3, 0.4) is 0 Å². The number of anilines is 2. The maximum Gasteiger partial charge on any atom is 0.273 e. The molecular weight excluding hydrogens is 367 g/mol. The molecule has 1 aromatic carbocycles. The minimum Gasteiger partial charge on any atom is -0.353 e. The highest BCUT2D eigenvalue weighted by molar-refractivity contribution is 7.14. The zero-order valence-electron chi connectivity index (χ0n) is 14.8. The Bertz CT molecular complexity index is 830. The van der Waals surface area contributed by atoms with Gasteiger partial charge in [-0.1, -0.05) is 0 Å². The van der Waals surface area contributed by atoms with Gasteiger partial charge in [0.15, 0.2) is 5.13 Å². The number of carbonyl (C=O) groups is 2. The highest BCUT2D eigenvalue weighted by Crippen LogP contribution is 2.30. The fraction of sp³-hybridized carbons (Fsp3) is 0.421. The molecule has 1 heterocycles. The topological polar surface area (TPSA) is 74.3 Å². The Labute approximate surface area is 160 Å². The van der Waals surface area contributed by atoms with E-state index in [9.17, 15) is 14.0 Å². The third-order valence-electron chi connectivity index (χ3n) is 4.59. The molecule has 2 saturated carbocycles. The van der Waals surface area contributed by atoms with E-state index in [0.717, 1.165) is 25.7 Å². The van der Waals surface area contributed by atoms with Gasteiger partial charge in [0.1, 0.15) is 11.5 Å². The lowest BCUT2D eigenvalue weighted by Gasteiger charge is -2.21. The van der Waals surface area contributed by atoms with E-state index >= 15 is 0 Å². The third kappa shape index (κ3) is 4.82. The number of nitrogens with one attached hydrogen (secondary N) is 2. The van der Waals surface area contributed by atoms with Crippen LogP contribution >= 0.6 is 11.3 Å². The molecule has 0 bridgehead atoms. The van der Waals surface area contributed by atoms with Crippen molar-refractivity contribution in [2.45, 2.75) is 44.2 Å². The summed E-state index contributed by atoms with van der Waals surface area (Å²) in [7, 11) is 0. The Morgan fingerprint density at radius 3 is 2.59 bits per heavy atom. The van der Waals surface area contributed by atoms with Crippen molar-refractivity contribution in [1.82, 2.24) is 15.2 Å². The number of amides is 2. The summed E-state index contributed by atoms with van der Waals surface area (Å²) in [4.78, 5) is 30.9. The van der Waals surface area contributed by atoms with Gasteiger partial charge in [-0.15, -0.1) is 11.3 Å². The second-order valence-electron chi connectivity index (χ2n) is 6.99. The fourth-order valence-corrected chi connectivity index (χ4v) is 3.52. The Kier molecular flexibility index (Phi) is 5.07. The third-order valence-corrected chi connectivity index (χ3v) is 5.35. The van der Waals surface area contributed by atoms with Gasteiger partial charge in [-0.05, 0) is 49.9 Å². The molecule has 2 fully saturated rings. The van der Waals surface area contributed by atoms with Crippen molar-refractivity contribution in [3.63, 3.8) is 0 Å². The Hall–Kier alpha value is -2.48. The molecule has 0 saturated heterocycles. The van der Waals surface area contributed by atoms with Crippen molar-refractivity contribution >= 4 is 34.0 Å². The molecule has 0 spiro atoms. The molecule has 2 aromatic rings. The molecule has 4 rings (SSSR count). The molecule has 2 aliphatic rings. The molecule has 0 aliphatic heterocycles. The molecule has 0 radical (unpaired) electrons. The summed E-state index contributed by atoms with van der Waals surface area (Å²) in [6.07, 6.45) is 4.38. The van der Waals surface area contributed by atoms with Gasteiger partial charge >= 0.3 is 0 Å². The van der Waals surface area contributed by atoms with E-state index < -0.39 is 0 Å². The normalized spacial score (nSPS) is 16.0. The highest BCUT2D eigenvalue weighted by Gasteiger charge is 2.34. The van der Waals surface area contributed by atoms with Gasteiger partial charge in [-0.2, -0.15) is 0 Å². The molecule has 2 N–H and O–H groups in total. The number of nitrogens with zero attached hydrogens (tertiary/aromatic N) is 2. The van der Waals surface area contributed by atoms with Gasteiger partial charge in [0.2, 0.25) is 5.91 Å². The van der Waals surface area contributed by atoms with Gasteiger partial charge in [0.25, 0.3) is 5.91 Å². The summed E-state index contributed by atoms with van der Waals surface area (Å²) in [6, 6.07) is 6.51. The first-order valence-electron chi connectivity index (χ1n) is 9.17. The number of carbonyl (C=O) groups excluding carboxylic acids is 2. The zero-order valence-corrected chi connectivity index (χ0v) is 15.6. The SMILES string of the molecule is O=C(CCN(C(=O)c1csc(Nc2ccc(F)cc2)n1)C1CC1)NC1CC1. The molecule has 2 aliphatic carbocycles. The summed E-state index contributed by atoms with van der Waals surface area (Å²) < 4.78 is 13.0. The predicted molar refractivity (Wildman–Crippen MR) is 102 cm³/mol. The lowest BCUT2D eigenvalue weighted by atomic mass is 10.3. The molecule has 2 amide bonds. The van der Waals surface area contributed by atoms with Crippen molar-refractivity contribution in [2.75, 3.05) is 11.9 Å². The fourth-order valence-electron chi connectivity index (χ4n) is 2.82. The number of halogens is 1. The van der Waals surface area contributed by atoms with Crippen LogP contribution in [-0.2, 0) is 4.79 Å². The van der Waals surface area contributed by atoms with Gasteiger partial charge in [-0.25, -0.2) is 9.37 Å². The molecule has 0 atom stereocenters. The van der Waals surface area contributed by atoms with Gasteiger partial charge in [-0.3, -0.25) is 9.59 Å². The van der Waals surface area contributed by atoms with Gasteiger partial charge in [0.05, 0.1) is 0 Å². The first kappa shape index (κ1) is 17.9. The quantitative estimate of drug-likeness (QED) is 0.728. The van der Waals surface area contributed by atoms with Crippen LogP contribution in [-0.4, -0.2) is 40.3 Å². The van der Waals surface area contributed by atoms with E-state index in [-0.39, 0.29) is 23.7 Å². The van der Waals surface area contributed by atoms with Crippen LogP contribution in [0.25, 0.3) is 0 Å². The molecule has 8 heteroatoms. The van der Waals surface area contributed by atoms with Crippen molar-refractivity contribution in [3.05, 3.63) is 41.2 Å². The maximum absolute atomic E-state index is 13.0. The minimum absolute atomic E-state index is 0.00731. The summed E-state index contributed by atoms with van der Waals surface area (Å²) >= 11 is 1.32. The first-order valence-corrected chi connectivity index (χ1v) is 10.0. The summed E-state index contributed by atoms with van der Waals surface area (Å²) in [5.41, 5.74) is 1.08. The monoisotopic (exact) mass is 388 g/mol. The van der Waals surface area contributed by atoms with Crippen LogP contribution in [0.15, 0.2) is 29.6 Å². The summed E-state index contributed by atoms with van der Waals surface area (Å²) in [6.45, 7) is 0.417. The van der Waals surface area contributed by atoms with E-state index in [1.807, 2.05) is 0 Å². The molecule has 6 nitrogen and oxygen atoms in total. The van der Waals surface area contributed by atoms with E-state index in [2.05, 4.69) is 15.6 Å². The summed E-state index contributed by atoms with van der Waals surface area (Å²) in [5.74, 6) is -0.436. The first-order chi connectivity index (χ1) is 13.1. The van der Waals surface area contributed by atoms with Crippen molar-refractivity contribution in [3.8, 4) is 0 Å². The maximum atomic E-state index is 13.0. The van der Waals surface area contributed by atoms with Gasteiger partial charge in [0, 0.05) is 36.1 Å². The smallest absolute Gasteiger partial charge is 0.273 e. The molecule has 27 heavy (non-hydrogen) atoms. The number of hydrogen-bond acceptors (Lipinski definition) is 5. The van der Waals surface area contributed by atoms with Crippen LogP contribution < -0.4 is 10.6 Å². The Morgan fingerprint density at radius 1 is 1.19 bits per heavy atom.